The zero-order valence-electron chi connectivity index (χ0n) is 12.5. The molecule has 108 valence electrons. The predicted octanol–water partition coefficient (Wildman–Crippen LogP) is 3.10. The van der Waals surface area contributed by atoms with Gasteiger partial charge < -0.3 is 14.3 Å². The van der Waals surface area contributed by atoms with Gasteiger partial charge in [-0.05, 0) is 30.0 Å². The van der Waals surface area contributed by atoms with Gasteiger partial charge in [-0.1, -0.05) is 19.9 Å². The molecule has 4 nitrogen and oxygen atoms in total. The van der Waals surface area contributed by atoms with Crippen molar-refractivity contribution in [1.82, 2.24) is 0 Å². The molecule has 4 heteroatoms. The number of nitriles is 1. The lowest BCUT2D eigenvalue weighted by Crippen LogP contribution is -2.31. The summed E-state index contributed by atoms with van der Waals surface area (Å²) in [4.78, 5) is 10.7. The molecule has 0 aliphatic carbocycles. The Morgan fingerprint density at radius 1 is 1.30 bits per heavy atom. The van der Waals surface area contributed by atoms with E-state index in [2.05, 4.69) is 6.07 Å². The number of hydrogen-bond acceptors (Lipinski definition) is 4. The highest BCUT2D eigenvalue weighted by Gasteiger charge is 2.36. The standard InChI is InChI=1S/C16H21NO3/c1-12(2)16(11-17,8-5-9-18)13-6-7-14(19-3)15(10-13)20-4/h6-7,9-10,12H,5,8H2,1-4H3/t16-/m1/s1. The normalized spacial score (nSPS) is 13.4. The molecular weight excluding hydrogens is 254 g/mol. The van der Waals surface area contributed by atoms with Crippen molar-refractivity contribution in [1.29, 1.82) is 5.26 Å². The lowest BCUT2D eigenvalue weighted by atomic mass is 9.70. The van der Waals surface area contributed by atoms with Crippen LogP contribution in [0.2, 0.25) is 0 Å². The Bertz CT molecular complexity index is 505. The Morgan fingerprint density at radius 3 is 2.40 bits per heavy atom. The quantitative estimate of drug-likeness (QED) is 0.717. The number of aldehydes is 1. The molecule has 0 aliphatic rings. The Kier molecular flexibility index (Phi) is 5.57. The van der Waals surface area contributed by atoms with E-state index in [1.165, 1.54) is 0 Å². The van der Waals surface area contributed by atoms with Crippen molar-refractivity contribution in [2.75, 3.05) is 14.2 Å². The fraction of sp³-hybridized carbons (Fsp3) is 0.500. The smallest absolute Gasteiger partial charge is 0.161 e. The van der Waals surface area contributed by atoms with Gasteiger partial charge in [-0.15, -0.1) is 0 Å². The van der Waals surface area contributed by atoms with Gasteiger partial charge in [-0.2, -0.15) is 5.26 Å². The van der Waals surface area contributed by atoms with Crippen LogP contribution in [0.3, 0.4) is 0 Å². The van der Waals surface area contributed by atoms with Gasteiger partial charge in [0.25, 0.3) is 0 Å². The van der Waals surface area contributed by atoms with Gasteiger partial charge in [0.2, 0.25) is 0 Å². The van der Waals surface area contributed by atoms with Crippen molar-refractivity contribution in [2.45, 2.75) is 32.1 Å². The first-order chi connectivity index (χ1) is 9.55. The minimum absolute atomic E-state index is 0.0885. The number of carbonyl (C=O) groups excluding carboxylic acids is 1. The summed E-state index contributed by atoms with van der Waals surface area (Å²) in [7, 11) is 3.14. The predicted molar refractivity (Wildman–Crippen MR) is 77.0 cm³/mol. The van der Waals surface area contributed by atoms with E-state index in [-0.39, 0.29) is 5.92 Å². The first-order valence-electron chi connectivity index (χ1n) is 6.63. The number of hydrogen-bond donors (Lipinski definition) is 0. The van der Waals surface area contributed by atoms with Crippen LogP contribution in [0.5, 0.6) is 11.5 Å². The number of methoxy groups -OCH3 is 2. The zero-order valence-corrected chi connectivity index (χ0v) is 12.5. The molecule has 0 spiro atoms. The maximum absolute atomic E-state index is 10.7. The minimum Gasteiger partial charge on any atom is -0.493 e. The fourth-order valence-electron chi connectivity index (χ4n) is 2.42. The third-order valence-electron chi connectivity index (χ3n) is 3.74. The molecule has 0 saturated heterocycles. The third-order valence-corrected chi connectivity index (χ3v) is 3.74. The van der Waals surface area contributed by atoms with Gasteiger partial charge >= 0.3 is 0 Å². The lowest BCUT2D eigenvalue weighted by molar-refractivity contribution is -0.108. The van der Waals surface area contributed by atoms with Crippen LogP contribution in [0.4, 0.5) is 0 Å². The number of rotatable bonds is 7. The molecule has 0 unspecified atom stereocenters. The zero-order chi connectivity index (χ0) is 15.2. The van der Waals surface area contributed by atoms with Crippen molar-refractivity contribution in [2.24, 2.45) is 5.92 Å². The van der Waals surface area contributed by atoms with Crippen LogP contribution in [-0.4, -0.2) is 20.5 Å². The van der Waals surface area contributed by atoms with Crippen molar-refractivity contribution in [3.8, 4) is 17.6 Å². The summed E-state index contributed by atoms with van der Waals surface area (Å²) < 4.78 is 10.5. The minimum atomic E-state index is -0.694. The molecule has 1 aromatic rings. The molecule has 20 heavy (non-hydrogen) atoms. The average Bonchev–Trinajstić information content (AvgIpc) is 2.47. The monoisotopic (exact) mass is 275 g/mol. The summed E-state index contributed by atoms with van der Waals surface area (Å²) in [6.07, 6.45) is 1.72. The van der Waals surface area contributed by atoms with E-state index in [4.69, 9.17) is 9.47 Å². The maximum atomic E-state index is 10.7. The first-order valence-corrected chi connectivity index (χ1v) is 6.63. The highest BCUT2D eigenvalue weighted by atomic mass is 16.5. The Labute approximate surface area is 120 Å². The summed E-state index contributed by atoms with van der Waals surface area (Å²) in [5, 5.41) is 9.68. The van der Waals surface area contributed by atoms with Crippen LogP contribution < -0.4 is 9.47 Å². The maximum Gasteiger partial charge on any atom is 0.161 e. The number of nitrogens with zero attached hydrogens (tertiary/aromatic N) is 1. The molecule has 0 amide bonds. The summed E-state index contributed by atoms with van der Waals surface area (Å²) in [6, 6.07) is 7.89. The summed E-state index contributed by atoms with van der Waals surface area (Å²) in [6.45, 7) is 3.98. The molecule has 0 N–H and O–H groups in total. The molecule has 1 rings (SSSR count). The molecule has 0 heterocycles. The van der Waals surface area contributed by atoms with Gasteiger partial charge in [0.15, 0.2) is 11.5 Å². The molecular formula is C16H21NO3. The van der Waals surface area contributed by atoms with E-state index < -0.39 is 5.41 Å². The SMILES string of the molecule is COc1ccc([C@@](C#N)(CCC=O)C(C)C)cc1OC. The Hall–Kier alpha value is -2.02. The van der Waals surface area contributed by atoms with Gasteiger partial charge in [-0.3, -0.25) is 0 Å². The van der Waals surface area contributed by atoms with Crippen molar-refractivity contribution in [3.05, 3.63) is 23.8 Å². The highest BCUT2D eigenvalue weighted by Crippen LogP contribution is 2.40. The lowest BCUT2D eigenvalue weighted by Gasteiger charge is -2.31. The van der Waals surface area contributed by atoms with Crippen LogP contribution in [0.25, 0.3) is 0 Å². The summed E-state index contributed by atoms with van der Waals surface area (Å²) >= 11 is 0. The van der Waals surface area contributed by atoms with Crippen LogP contribution in [0.1, 0.15) is 32.3 Å². The number of ether oxygens (including phenoxy) is 2. The van der Waals surface area contributed by atoms with Crippen LogP contribution in [0.15, 0.2) is 18.2 Å². The van der Waals surface area contributed by atoms with E-state index in [1.807, 2.05) is 26.0 Å². The topological polar surface area (TPSA) is 59.3 Å². The fourth-order valence-corrected chi connectivity index (χ4v) is 2.42. The van der Waals surface area contributed by atoms with E-state index >= 15 is 0 Å². The summed E-state index contributed by atoms with van der Waals surface area (Å²) in [5.74, 6) is 1.31. The molecule has 1 aromatic carbocycles. The van der Waals surface area contributed by atoms with E-state index in [1.54, 1.807) is 20.3 Å². The second-order valence-corrected chi connectivity index (χ2v) is 5.01. The number of carbonyl (C=O) groups is 1. The van der Waals surface area contributed by atoms with Gasteiger partial charge in [0.05, 0.1) is 25.7 Å². The molecule has 0 aromatic heterocycles. The van der Waals surface area contributed by atoms with Gasteiger partial charge in [0.1, 0.15) is 6.29 Å². The highest BCUT2D eigenvalue weighted by molar-refractivity contribution is 5.52. The van der Waals surface area contributed by atoms with Crippen molar-refractivity contribution >= 4 is 6.29 Å². The van der Waals surface area contributed by atoms with Crippen molar-refractivity contribution in [3.63, 3.8) is 0 Å². The molecule has 0 saturated carbocycles. The van der Waals surface area contributed by atoms with Crippen molar-refractivity contribution < 1.29 is 14.3 Å². The molecule has 0 bridgehead atoms. The Balaban J connectivity index is 3.34. The molecule has 0 radical (unpaired) electrons. The molecule has 1 atom stereocenters. The van der Waals surface area contributed by atoms with Crippen LogP contribution >= 0.6 is 0 Å². The van der Waals surface area contributed by atoms with Crippen LogP contribution in [0, 0.1) is 17.2 Å². The molecule has 0 aliphatic heterocycles. The van der Waals surface area contributed by atoms with E-state index in [0.29, 0.717) is 24.3 Å². The van der Waals surface area contributed by atoms with Crippen LogP contribution in [-0.2, 0) is 10.2 Å². The third kappa shape index (κ3) is 2.93. The Morgan fingerprint density at radius 2 is 1.95 bits per heavy atom. The van der Waals surface area contributed by atoms with Gasteiger partial charge in [-0.25, -0.2) is 0 Å². The second kappa shape index (κ2) is 6.95. The average molecular weight is 275 g/mol. The number of benzene rings is 1. The summed E-state index contributed by atoms with van der Waals surface area (Å²) in [5.41, 5.74) is 0.162. The largest absolute Gasteiger partial charge is 0.493 e. The molecule has 0 fully saturated rings. The van der Waals surface area contributed by atoms with E-state index in [0.717, 1.165) is 11.8 Å². The second-order valence-electron chi connectivity index (χ2n) is 5.01. The first kappa shape index (κ1) is 16.0. The van der Waals surface area contributed by atoms with E-state index in [9.17, 15) is 10.1 Å². The van der Waals surface area contributed by atoms with Gasteiger partial charge in [0, 0.05) is 6.42 Å².